The fourth-order valence-corrected chi connectivity index (χ4v) is 4.73. The number of likely N-dealkylation sites (tertiary alicyclic amines) is 1. The summed E-state index contributed by atoms with van der Waals surface area (Å²) in [6, 6.07) is 9.00. The minimum Gasteiger partial charge on any atom is -0.356 e. The number of aryl methyl sites for hydroxylation is 2. The Labute approximate surface area is 215 Å². The highest BCUT2D eigenvalue weighted by Crippen LogP contribution is 2.15. The van der Waals surface area contributed by atoms with E-state index in [1.165, 1.54) is 68.6 Å². The van der Waals surface area contributed by atoms with Crippen LogP contribution in [0, 0.1) is 0 Å². The molecule has 0 bridgehead atoms. The van der Waals surface area contributed by atoms with Gasteiger partial charge in [-0.2, -0.15) is 0 Å². The van der Waals surface area contributed by atoms with Crippen LogP contribution in [0.3, 0.4) is 0 Å². The zero-order valence-corrected chi connectivity index (χ0v) is 22.4. The van der Waals surface area contributed by atoms with Crippen LogP contribution in [0.1, 0.15) is 67.7 Å². The second-order valence-electron chi connectivity index (χ2n) is 9.10. The average Bonchev–Trinajstić information content (AvgIpc) is 3.06. The van der Waals surface area contributed by atoms with Crippen LogP contribution in [-0.2, 0) is 32.5 Å². The van der Waals surface area contributed by atoms with E-state index in [0.29, 0.717) is 0 Å². The van der Waals surface area contributed by atoms with Crippen molar-refractivity contribution in [2.75, 3.05) is 26.7 Å². The second kappa shape index (κ2) is 13.9. The summed E-state index contributed by atoms with van der Waals surface area (Å²) >= 11 is 0. The number of hydrogen-bond acceptors (Lipinski definition) is 4. The zero-order valence-electron chi connectivity index (χ0n) is 20.1. The SMILES string of the molecule is CN=C(NCCCc1nnc2n1CCCCC2)NCc1ccc(CN2CCCCC2)cc1.I. The first-order valence-electron chi connectivity index (χ1n) is 12.5. The van der Waals surface area contributed by atoms with Crippen molar-refractivity contribution in [2.24, 2.45) is 4.99 Å². The molecule has 33 heavy (non-hydrogen) atoms. The maximum absolute atomic E-state index is 4.43. The molecule has 1 saturated heterocycles. The normalized spacial score (nSPS) is 17.1. The zero-order chi connectivity index (χ0) is 22.0. The van der Waals surface area contributed by atoms with Crippen molar-refractivity contribution in [1.29, 1.82) is 0 Å². The summed E-state index contributed by atoms with van der Waals surface area (Å²) in [4.78, 5) is 6.94. The first-order valence-corrected chi connectivity index (χ1v) is 12.5. The first-order chi connectivity index (χ1) is 15.8. The molecule has 1 aromatic heterocycles. The van der Waals surface area contributed by atoms with Crippen LogP contribution < -0.4 is 10.6 Å². The molecule has 1 aromatic carbocycles. The van der Waals surface area contributed by atoms with Crippen LogP contribution in [0.2, 0.25) is 0 Å². The van der Waals surface area contributed by atoms with Gasteiger partial charge >= 0.3 is 0 Å². The number of guanidine groups is 1. The molecule has 1 fully saturated rings. The van der Waals surface area contributed by atoms with Crippen LogP contribution in [0.5, 0.6) is 0 Å². The molecule has 2 aromatic rings. The molecule has 0 radical (unpaired) electrons. The molecule has 2 aliphatic rings. The molecular formula is C25H40IN7. The number of piperidine rings is 1. The average molecular weight is 566 g/mol. The Morgan fingerprint density at radius 1 is 0.909 bits per heavy atom. The van der Waals surface area contributed by atoms with E-state index in [1.54, 1.807) is 0 Å². The van der Waals surface area contributed by atoms with Crippen molar-refractivity contribution in [3.63, 3.8) is 0 Å². The number of hydrogen-bond donors (Lipinski definition) is 2. The Hall–Kier alpha value is -1.68. The van der Waals surface area contributed by atoms with Gasteiger partial charge in [-0.15, -0.1) is 34.2 Å². The quantitative estimate of drug-likeness (QED) is 0.220. The van der Waals surface area contributed by atoms with E-state index in [4.69, 9.17) is 0 Å². The highest BCUT2D eigenvalue weighted by Gasteiger charge is 2.14. The number of halogens is 1. The molecule has 2 N–H and O–H groups in total. The smallest absolute Gasteiger partial charge is 0.191 e. The molecule has 8 heteroatoms. The Balaban J connectivity index is 0.00000306. The number of nitrogens with zero attached hydrogens (tertiary/aromatic N) is 5. The van der Waals surface area contributed by atoms with Crippen LogP contribution in [-0.4, -0.2) is 52.3 Å². The lowest BCUT2D eigenvalue weighted by molar-refractivity contribution is 0.221. The number of nitrogens with one attached hydrogen (secondary N) is 2. The number of aromatic nitrogens is 3. The third kappa shape index (κ3) is 7.95. The largest absolute Gasteiger partial charge is 0.356 e. The van der Waals surface area contributed by atoms with Gasteiger partial charge in [-0.25, -0.2) is 0 Å². The predicted octanol–water partition coefficient (Wildman–Crippen LogP) is 3.91. The van der Waals surface area contributed by atoms with Crippen molar-refractivity contribution in [3.8, 4) is 0 Å². The lowest BCUT2D eigenvalue weighted by atomic mass is 10.1. The molecule has 2 aliphatic heterocycles. The molecule has 0 aliphatic carbocycles. The van der Waals surface area contributed by atoms with Gasteiger partial charge in [0.15, 0.2) is 5.96 Å². The van der Waals surface area contributed by atoms with E-state index in [2.05, 4.69) is 59.6 Å². The van der Waals surface area contributed by atoms with Crippen LogP contribution in [0.4, 0.5) is 0 Å². The molecule has 0 spiro atoms. The Bertz CT molecular complexity index is 856. The van der Waals surface area contributed by atoms with Crippen molar-refractivity contribution >= 4 is 29.9 Å². The standard InChI is InChI=1S/C25H39N7.HI/c1-26-25(27-15-8-10-24-30-29-23-9-4-2-7-18-32(23)24)28-19-21-11-13-22(14-12-21)20-31-16-5-3-6-17-31;/h11-14H,2-10,15-20H2,1H3,(H2,26,27,28);1H. The van der Waals surface area contributed by atoms with Crippen LogP contribution in [0.25, 0.3) is 0 Å². The predicted molar refractivity (Wildman–Crippen MR) is 145 cm³/mol. The number of benzene rings is 1. The van der Waals surface area contributed by atoms with Gasteiger partial charge in [-0.3, -0.25) is 9.89 Å². The Morgan fingerprint density at radius 3 is 2.42 bits per heavy atom. The van der Waals surface area contributed by atoms with E-state index in [-0.39, 0.29) is 24.0 Å². The summed E-state index contributed by atoms with van der Waals surface area (Å²) < 4.78 is 2.34. The minimum absolute atomic E-state index is 0. The third-order valence-electron chi connectivity index (χ3n) is 6.62. The Morgan fingerprint density at radius 2 is 1.64 bits per heavy atom. The summed E-state index contributed by atoms with van der Waals surface area (Å²) in [5.41, 5.74) is 2.69. The van der Waals surface area contributed by atoms with Gasteiger partial charge in [-0.05, 0) is 56.3 Å². The highest BCUT2D eigenvalue weighted by molar-refractivity contribution is 14.0. The molecule has 3 heterocycles. The summed E-state index contributed by atoms with van der Waals surface area (Å²) in [5.74, 6) is 3.16. The molecule has 4 rings (SSSR count). The van der Waals surface area contributed by atoms with E-state index in [0.717, 1.165) is 57.2 Å². The van der Waals surface area contributed by atoms with Gasteiger partial charge in [0.2, 0.25) is 0 Å². The van der Waals surface area contributed by atoms with E-state index >= 15 is 0 Å². The highest BCUT2D eigenvalue weighted by atomic mass is 127. The second-order valence-corrected chi connectivity index (χ2v) is 9.10. The molecule has 7 nitrogen and oxygen atoms in total. The maximum Gasteiger partial charge on any atom is 0.191 e. The molecule has 0 unspecified atom stereocenters. The number of fused-ring (bicyclic) bond motifs is 1. The van der Waals surface area contributed by atoms with Crippen molar-refractivity contribution < 1.29 is 0 Å². The van der Waals surface area contributed by atoms with Crippen molar-refractivity contribution in [2.45, 2.75) is 77.4 Å². The van der Waals surface area contributed by atoms with Crippen molar-refractivity contribution in [3.05, 3.63) is 47.0 Å². The lowest BCUT2D eigenvalue weighted by Crippen LogP contribution is -2.37. The molecule has 0 atom stereocenters. The van der Waals surface area contributed by atoms with Gasteiger partial charge in [0.05, 0.1) is 0 Å². The fourth-order valence-electron chi connectivity index (χ4n) is 4.73. The molecule has 182 valence electrons. The summed E-state index contributed by atoms with van der Waals surface area (Å²) in [6.45, 7) is 6.28. The topological polar surface area (TPSA) is 70.4 Å². The van der Waals surface area contributed by atoms with Crippen molar-refractivity contribution in [1.82, 2.24) is 30.3 Å². The lowest BCUT2D eigenvalue weighted by Gasteiger charge is -2.26. The van der Waals surface area contributed by atoms with Gasteiger partial charge in [0.25, 0.3) is 0 Å². The van der Waals surface area contributed by atoms with E-state index in [9.17, 15) is 0 Å². The number of rotatable bonds is 8. The van der Waals surface area contributed by atoms with E-state index in [1.807, 2.05) is 7.05 Å². The molecule has 0 amide bonds. The summed E-state index contributed by atoms with van der Waals surface area (Å²) in [7, 11) is 1.83. The number of aliphatic imine (C=N–C) groups is 1. The monoisotopic (exact) mass is 565 g/mol. The summed E-state index contributed by atoms with van der Waals surface area (Å²) in [5, 5.41) is 15.7. The maximum atomic E-state index is 4.43. The third-order valence-corrected chi connectivity index (χ3v) is 6.62. The van der Waals surface area contributed by atoms with Gasteiger partial charge in [0.1, 0.15) is 11.6 Å². The van der Waals surface area contributed by atoms with Crippen LogP contribution >= 0.6 is 24.0 Å². The Kier molecular flexibility index (Phi) is 10.9. The van der Waals surface area contributed by atoms with Gasteiger partial charge in [0, 0.05) is 46.1 Å². The fraction of sp³-hybridized carbons (Fsp3) is 0.640. The molecular weight excluding hydrogens is 525 g/mol. The van der Waals surface area contributed by atoms with Crippen LogP contribution in [0.15, 0.2) is 29.3 Å². The minimum atomic E-state index is 0. The van der Waals surface area contributed by atoms with E-state index < -0.39 is 0 Å². The van der Waals surface area contributed by atoms with Gasteiger partial charge < -0.3 is 15.2 Å². The first kappa shape index (κ1) is 25.9. The van der Waals surface area contributed by atoms with Gasteiger partial charge in [-0.1, -0.05) is 37.1 Å². The summed E-state index contributed by atoms with van der Waals surface area (Å²) in [6.07, 6.45) is 10.9. The molecule has 0 saturated carbocycles.